The highest BCUT2D eigenvalue weighted by Gasteiger charge is 2.18. The van der Waals surface area contributed by atoms with Crippen molar-refractivity contribution < 1.29 is 0 Å². The molecule has 0 bridgehead atoms. The predicted molar refractivity (Wildman–Crippen MR) is 134 cm³/mol. The molecule has 0 spiro atoms. The molecule has 5 aromatic rings. The molecule has 0 fully saturated rings. The maximum Gasteiger partial charge on any atom is 0.168 e. The number of aromatic nitrogens is 5. The largest absolute Gasteiger partial charge is 0.346 e. The van der Waals surface area contributed by atoms with Gasteiger partial charge in [-0.1, -0.05) is 43.0 Å². The summed E-state index contributed by atoms with van der Waals surface area (Å²) in [5.74, 6) is 1.44. The molecule has 0 unspecified atom stereocenters. The monoisotopic (exact) mass is 434 g/mol. The number of rotatable bonds is 5. The smallest absolute Gasteiger partial charge is 0.168 e. The van der Waals surface area contributed by atoms with Crippen LogP contribution in [-0.4, -0.2) is 24.7 Å². The molecule has 0 aliphatic rings. The Bertz CT molecular complexity index is 1470. The van der Waals surface area contributed by atoms with E-state index in [4.69, 9.17) is 5.73 Å². The molecule has 0 saturated carbocycles. The lowest BCUT2D eigenvalue weighted by Crippen LogP contribution is -2.28. The van der Waals surface area contributed by atoms with E-state index in [2.05, 4.69) is 62.5 Å². The molecular weight excluding hydrogens is 408 g/mol. The average Bonchev–Trinajstić information content (AvgIpc) is 3.45. The Kier molecular flexibility index (Phi) is 4.95. The van der Waals surface area contributed by atoms with E-state index < -0.39 is 5.54 Å². The Morgan fingerprint density at radius 3 is 2.45 bits per heavy atom. The van der Waals surface area contributed by atoms with Crippen LogP contribution in [0.3, 0.4) is 0 Å². The fourth-order valence-corrected chi connectivity index (χ4v) is 4.03. The van der Waals surface area contributed by atoms with E-state index in [1.807, 2.05) is 56.6 Å². The van der Waals surface area contributed by atoms with E-state index in [0.717, 1.165) is 50.4 Å². The molecule has 6 nitrogen and oxygen atoms in total. The summed E-state index contributed by atoms with van der Waals surface area (Å²) in [5, 5.41) is 9.96. The van der Waals surface area contributed by atoms with Crippen molar-refractivity contribution in [1.82, 2.24) is 24.7 Å². The Balaban J connectivity index is 1.64. The van der Waals surface area contributed by atoms with Crippen LogP contribution in [0.4, 0.5) is 0 Å². The molecule has 2 aromatic carbocycles. The number of hydrogen-bond donors (Lipinski definition) is 2. The first-order valence-corrected chi connectivity index (χ1v) is 10.9. The van der Waals surface area contributed by atoms with Gasteiger partial charge in [-0.25, -0.2) is 4.98 Å². The first-order valence-electron chi connectivity index (χ1n) is 10.9. The van der Waals surface area contributed by atoms with Gasteiger partial charge in [0.1, 0.15) is 5.65 Å². The van der Waals surface area contributed by atoms with Crippen LogP contribution in [0.5, 0.6) is 0 Å². The molecule has 5 rings (SSSR count). The van der Waals surface area contributed by atoms with Gasteiger partial charge in [0.15, 0.2) is 11.6 Å². The summed E-state index contributed by atoms with van der Waals surface area (Å²) < 4.78 is 2.05. The molecule has 164 valence electrons. The first-order chi connectivity index (χ1) is 15.8. The lowest BCUT2D eigenvalue weighted by molar-refractivity contribution is 0.554. The number of nitrogens with two attached hydrogens (primary N) is 1. The van der Waals surface area contributed by atoms with Crippen molar-refractivity contribution in [2.75, 3.05) is 0 Å². The number of aromatic amines is 1. The van der Waals surface area contributed by atoms with Gasteiger partial charge in [0.05, 0.1) is 5.69 Å². The maximum atomic E-state index is 6.26. The second-order valence-electron chi connectivity index (χ2n) is 8.86. The summed E-state index contributed by atoms with van der Waals surface area (Å²) in [5.41, 5.74) is 13.0. The minimum absolute atomic E-state index is 0.405. The molecule has 33 heavy (non-hydrogen) atoms. The molecule has 6 heteroatoms. The highest BCUT2D eigenvalue weighted by atomic mass is 15.3. The van der Waals surface area contributed by atoms with Crippen molar-refractivity contribution in [3.63, 3.8) is 0 Å². The van der Waals surface area contributed by atoms with Gasteiger partial charge >= 0.3 is 0 Å². The Morgan fingerprint density at radius 2 is 1.73 bits per heavy atom. The van der Waals surface area contributed by atoms with Gasteiger partial charge in [-0.3, -0.25) is 4.57 Å². The molecule has 0 aliphatic heterocycles. The van der Waals surface area contributed by atoms with E-state index in [1.165, 1.54) is 0 Å². The summed E-state index contributed by atoms with van der Waals surface area (Å²) in [6.07, 6.45) is 5.52. The third-order valence-corrected chi connectivity index (χ3v) is 5.94. The van der Waals surface area contributed by atoms with Gasteiger partial charge in [-0.05, 0) is 61.7 Å². The van der Waals surface area contributed by atoms with Crippen molar-refractivity contribution in [2.45, 2.75) is 26.3 Å². The molecule has 3 aromatic heterocycles. The summed E-state index contributed by atoms with van der Waals surface area (Å²) in [7, 11) is 0. The zero-order valence-electron chi connectivity index (χ0n) is 19.0. The van der Waals surface area contributed by atoms with Crippen molar-refractivity contribution in [2.24, 2.45) is 5.73 Å². The van der Waals surface area contributed by atoms with E-state index >= 15 is 0 Å². The van der Waals surface area contributed by atoms with Crippen LogP contribution in [0.2, 0.25) is 0 Å². The highest BCUT2D eigenvalue weighted by molar-refractivity contribution is 5.82. The van der Waals surface area contributed by atoms with Crippen LogP contribution in [0.1, 0.15) is 30.8 Å². The van der Waals surface area contributed by atoms with E-state index in [1.54, 1.807) is 6.08 Å². The van der Waals surface area contributed by atoms with Crippen LogP contribution in [0.25, 0.3) is 45.3 Å². The van der Waals surface area contributed by atoms with E-state index in [0.29, 0.717) is 5.82 Å². The van der Waals surface area contributed by atoms with E-state index in [9.17, 15) is 0 Å². The van der Waals surface area contributed by atoms with Gasteiger partial charge < -0.3 is 10.7 Å². The minimum atomic E-state index is -0.405. The van der Waals surface area contributed by atoms with Crippen molar-refractivity contribution in [3.05, 3.63) is 90.5 Å². The Labute approximate surface area is 192 Å². The zero-order valence-corrected chi connectivity index (χ0v) is 19.0. The number of hydrogen-bond acceptors (Lipinski definition) is 4. The summed E-state index contributed by atoms with van der Waals surface area (Å²) in [6, 6.07) is 18.7. The zero-order chi connectivity index (χ0) is 23.2. The highest BCUT2D eigenvalue weighted by Crippen LogP contribution is 2.31. The summed E-state index contributed by atoms with van der Waals surface area (Å²) >= 11 is 0. The molecule has 0 aliphatic carbocycles. The third kappa shape index (κ3) is 3.75. The standard InChI is InChI=1S/C27H26N6/c1-5-24-31-32-26(18-8-10-22(11-9-18)27(3,4)28)33(24)23-15-19(7-6-17(23)2)21-14-20-12-13-29-25(20)30-16-21/h5-16H,1,28H2,2-4H3,(H,29,30). The summed E-state index contributed by atoms with van der Waals surface area (Å²) in [4.78, 5) is 7.69. The molecule has 0 radical (unpaired) electrons. The fourth-order valence-electron chi connectivity index (χ4n) is 4.03. The molecular formula is C27H26N6. The van der Waals surface area contributed by atoms with E-state index in [-0.39, 0.29) is 0 Å². The molecule has 3 heterocycles. The van der Waals surface area contributed by atoms with Gasteiger partial charge in [-0.2, -0.15) is 0 Å². The lowest BCUT2D eigenvalue weighted by atomic mass is 9.95. The summed E-state index contributed by atoms with van der Waals surface area (Å²) in [6.45, 7) is 10.0. The Morgan fingerprint density at radius 1 is 0.970 bits per heavy atom. The van der Waals surface area contributed by atoms with Crippen LogP contribution >= 0.6 is 0 Å². The van der Waals surface area contributed by atoms with Gasteiger partial charge in [0.2, 0.25) is 0 Å². The van der Waals surface area contributed by atoms with Gasteiger partial charge in [-0.15, -0.1) is 10.2 Å². The number of H-pyrrole nitrogens is 1. The molecule has 0 saturated heterocycles. The molecule has 3 N–H and O–H groups in total. The minimum Gasteiger partial charge on any atom is -0.346 e. The third-order valence-electron chi connectivity index (χ3n) is 5.94. The molecule has 0 amide bonds. The predicted octanol–water partition coefficient (Wildman–Crippen LogP) is 5.62. The lowest BCUT2D eigenvalue weighted by Gasteiger charge is -2.19. The average molecular weight is 435 g/mol. The van der Waals surface area contributed by atoms with Crippen LogP contribution in [-0.2, 0) is 5.54 Å². The van der Waals surface area contributed by atoms with Crippen molar-refractivity contribution >= 4 is 17.1 Å². The number of fused-ring (bicyclic) bond motifs is 1. The van der Waals surface area contributed by atoms with Gasteiger partial charge in [0, 0.05) is 34.4 Å². The number of aryl methyl sites for hydroxylation is 1. The fraction of sp³-hybridized carbons (Fsp3) is 0.148. The van der Waals surface area contributed by atoms with Crippen LogP contribution < -0.4 is 5.73 Å². The van der Waals surface area contributed by atoms with Crippen LogP contribution in [0, 0.1) is 6.92 Å². The normalized spacial score (nSPS) is 11.8. The van der Waals surface area contributed by atoms with Crippen molar-refractivity contribution in [3.8, 4) is 28.2 Å². The quantitative estimate of drug-likeness (QED) is 0.376. The van der Waals surface area contributed by atoms with Crippen molar-refractivity contribution in [1.29, 1.82) is 0 Å². The van der Waals surface area contributed by atoms with Crippen LogP contribution in [0.15, 0.2) is 73.6 Å². The first kappa shape index (κ1) is 20.8. The number of benzene rings is 2. The SMILES string of the molecule is C=Cc1nnc(-c2ccc(C(C)(C)N)cc2)n1-c1cc(-c2cnc3[nH]ccc3c2)ccc1C. The second-order valence-corrected chi connectivity index (χ2v) is 8.86. The second kappa shape index (κ2) is 7.83. The van der Waals surface area contributed by atoms with Gasteiger partial charge in [0.25, 0.3) is 0 Å². The Hall–Kier alpha value is -4.03. The maximum absolute atomic E-state index is 6.26. The number of nitrogens with one attached hydrogen (secondary N) is 1. The topological polar surface area (TPSA) is 85.4 Å². The number of pyridine rings is 1. The number of nitrogens with zero attached hydrogens (tertiary/aromatic N) is 4. The molecule has 0 atom stereocenters.